The largest absolute Gasteiger partial charge is 0.481 e. The van der Waals surface area contributed by atoms with Crippen LogP contribution in [0.2, 0.25) is 5.54 Å². The molecular formula is C14H29NO6Si. The van der Waals surface area contributed by atoms with Gasteiger partial charge in [0.25, 0.3) is 0 Å². The highest BCUT2D eigenvalue weighted by Gasteiger charge is 2.29. The summed E-state index contributed by atoms with van der Waals surface area (Å²) in [7, 11) is -1.77. The molecule has 2 N–H and O–H groups in total. The Morgan fingerprint density at radius 3 is 2.05 bits per heavy atom. The normalized spacial score (nSPS) is 14.3. The number of hydrogen-bond donors (Lipinski definition) is 2. The van der Waals surface area contributed by atoms with Crippen LogP contribution in [0.5, 0.6) is 0 Å². The van der Waals surface area contributed by atoms with Crippen LogP contribution in [0.25, 0.3) is 0 Å². The van der Waals surface area contributed by atoms with Crippen molar-refractivity contribution in [3.63, 3.8) is 0 Å². The Kier molecular flexibility index (Phi) is 11.1. The van der Waals surface area contributed by atoms with Gasteiger partial charge in [-0.1, -0.05) is 13.8 Å². The first-order chi connectivity index (χ1) is 10.4. The van der Waals surface area contributed by atoms with Gasteiger partial charge in [0.15, 0.2) is 0 Å². The summed E-state index contributed by atoms with van der Waals surface area (Å²) in [5, 5.41) is 18.1. The van der Waals surface area contributed by atoms with E-state index in [0.717, 1.165) is 6.42 Å². The highest BCUT2D eigenvalue weighted by molar-refractivity contribution is 6.46. The molecule has 0 radical (unpaired) electrons. The van der Waals surface area contributed by atoms with Gasteiger partial charge in [0.1, 0.15) is 6.04 Å². The maximum Gasteiger partial charge on any atom is 0.324 e. The van der Waals surface area contributed by atoms with Crippen LogP contribution in [0.4, 0.5) is 0 Å². The molecular weight excluding hydrogens is 306 g/mol. The van der Waals surface area contributed by atoms with Crippen molar-refractivity contribution in [1.29, 1.82) is 0 Å². The minimum atomic E-state index is -1.77. The number of carboxylic acid groups (broad SMARTS) is 2. The predicted octanol–water partition coefficient (Wildman–Crippen LogP) is 1.31. The molecule has 0 aliphatic rings. The second-order valence-corrected chi connectivity index (χ2v) is 7.67. The molecule has 0 aromatic rings. The van der Waals surface area contributed by atoms with Crippen LogP contribution < -0.4 is 0 Å². The SMILES string of the molecule is CCO[SiH](OCC)C(C)CCN(CC)[C@@H](CC(=O)O)C(=O)O. The summed E-state index contributed by atoms with van der Waals surface area (Å²) < 4.78 is 11.3. The summed E-state index contributed by atoms with van der Waals surface area (Å²) in [4.78, 5) is 23.8. The van der Waals surface area contributed by atoms with Crippen LogP contribution in [-0.2, 0) is 18.4 Å². The van der Waals surface area contributed by atoms with E-state index in [0.29, 0.717) is 26.3 Å². The first-order valence-corrected chi connectivity index (χ1v) is 9.40. The van der Waals surface area contributed by atoms with Crippen molar-refractivity contribution in [2.24, 2.45) is 0 Å². The third-order valence-corrected chi connectivity index (χ3v) is 6.08. The van der Waals surface area contributed by atoms with Crippen molar-refractivity contribution in [3.8, 4) is 0 Å². The molecule has 2 atom stereocenters. The van der Waals surface area contributed by atoms with Gasteiger partial charge in [-0.15, -0.1) is 0 Å². The number of hydrogen-bond acceptors (Lipinski definition) is 5. The second-order valence-electron chi connectivity index (χ2n) is 5.13. The average molecular weight is 335 g/mol. The Morgan fingerprint density at radius 1 is 1.14 bits per heavy atom. The van der Waals surface area contributed by atoms with Gasteiger partial charge in [-0.3, -0.25) is 14.5 Å². The standard InChI is InChI=1S/C14H29NO6Si/c1-5-15(12(14(18)19)10-13(16)17)9-8-11(4)22(20-6-2)21-7-3/h11-12,22H,5-10H2,1-4H3,(H,16,17)(H,18,19)/t11?,12-/m0/s1. The van der Waals surface area contributed by atoms with Crippen molar-refractivity contribution in [2.75, 3.05) is 26.3 Å². The molecule has 0 bridgehead atoms. The van der Waals surface area contributed by atoms with E-state index in [1.807, 2.05) is 27.7 Å². The van der Waals surface area contributed by atoms with Gasteiger partial charge in [0, 0.05) is 13.2 Å². The Morgan fingerprint density at radius 2 is 1.68 bits per heavy atom. The van der Waals surface area contributed by atoms with Crippen LogP contribution in [0.1, 0.15) is 40.5 Å². The molecule has 8 heteroatoms. The first-order valence-electron chi connectivity index (χ1n) is 7.79. The Labute approximate surface area is 134 Å². The fraction of sp³-hybridized carbons (Fsp3) is 0.857. The lowest BCUT2D eigenvalue weighted by atomic mass is 10.1. The molecule has 130 valence electrons. The molecule has 0 heterocycles. The van der Waals surface area contributed by atoms with Crippen LogP contribution in [0.3, 0.4) is 0 Å². The van der Waals surface area contributed by atoms with E-state index < -0.39 is 33.7 Å². The Bertz CT molecular complexity index is 335. The molecule has 0 saturated heterocycles. The van der Waals surface area contributed by atoms with E-state index in [1.54, 1.807) is 4.90 Å². The zero-order chi connectivity index (χ0) is 17.1. The summed E-state index contributed by atoms with van der Waals surface area (Å²) in [6, 6.07) is -0.992. The van der Waals surface area contributed by atoms with Gasteiger partial charge in [-0.25, -0.2) is 0 Å². The molecule has 7 nitrogen and oxygen atoms in total. The molecule has 0 aromatic carbocycles. The molecule has 0 fully saturated rings. The molecule has 0 aromatic heterocycles. The van der Waals surface area contributed by atoms with Crippen LogP contribution >= 0.6 is 0 Å². The molecule has 0 aliphatic heterocycles. The van der Waals surface area contributed by atoms with Gasteiger partial charge < -0.3 is 19.1 Å². The van der Waals surface area contributed by atoms with E-state index in [1.165, 1.54) is 0 Å². The average Bonchev–Trinajstić information content (AvgIpc) is 2.45. The maximum atomic E-state index is 11.3. The number of carbonyl (C=O) groups is 2. The van der Waals surface area contributed by atoms with E-state index in [2.05, 4.69) is 0 Å². The molecule has 0 spiro atoms. The number of rotatable bonds is 13. The number of nitrogens with zero attached hydrogens (tertiary/aromatic N) is 1. The highest BCUT2D eigenvalue weighted by atomic mass is 28.3. The number of aliphatic carboxylic acids is 2. The van der Waals surface area contributed by atoms with Gasteiger partial charge in [0.05, 0.1) is 6.42 Å². The minimum Gasteiger partial charge on any atom is -0.481 e. The zero-order valence-corrected chi connectivity index (χ0v) is 15.1. The van der Waals surface area contributed by atoms with Gasteiger partial charge in [-0.2, -0.15) is 0 Å². The number of likely N-dealkylation sites (N-methyl/N-ethyl adjacent to an activating group) is 1. The summed E-state index contributed by atoms with van der Waals surface area (Å²) in [5.41, 5.74) is 0.230. The second kappa shape index (κ2) is 11.6. The van der Waals surface area contributed by atoms with Crippen molar-refractivity contribution >= 4 is 21.2 Å². The fourth-order valence-corrected chi connectivity index (χ4v) is 4.11. The minimum absolute atomic E-state index is 0.230. The maximum absolute atomic E-state index is 11.3. The quantitative estimate of drug-likeness (QED) is 0.490. The van der Waals surface area contributed by atoms with Gasteiger partial charge >= 0.3 is 21.2 Å². The van der Waals surface area contributed by atoms with Crippen LogP contribution in [0.15, 0.2) is 0 Å². The van der Waals surface area contributed by atoms with E-state index in [9.17, 15) is 14.7 Å². The summed E-state index contributed by atoms with van der Waals surface area (Å²) in [6.07, 6.45) is 0.337. The summed E-state index contributed by atoms with van der Waals surface area (Å²) in [6.45, 7) is 9.96. The van der Waals surface area contributed by atoms with Crippen molar-refractivity contribution in [2.45, 2.75) is 52.1 Å². The molecule has 0 rings (SSSR count). The third kappa shape index (κ3) is 7.88. The van der Waals surface area contributed by atoms with Crippen LogP contribution in [0, 0.1) is 0 Å². The molecule has 0 amide bonds. The zero-order valence-electron chi connectivity index (χ0n) is 13.9. The smallest absolute Gasteiger partial charge is 0.324 e. The predicted molar refractivity (Wildman–Crippen MR) is 85.4 cm³/mol. The van der Waals surface area contributed by atoms with Crippen molar-refractivity contribution < 1.29 is 28.7 Å². The third-order valence-electron chi connectivity index (χ3n) is 3.50. The summed E-state index contributed by atoms with van der Waals surface area (Å²) >= 11 is 0. The topological polar surface area (TPSA) is 96.3 Å². The fourth-order valence-electron chi connectivity index (χ4n) is 2.28. The molecule has 1 unspecified atom stereocenters. The van der Waals surface area contributed by atoms with E-state index in [4.69, 9.17) is 14.0 Å². The van der Waals surface area contributed by atoms with E-state index >= 15 is 0 Å². The first kappa shape index (κ1) is 21.0. The Hall–Kier alpha value is -0.963. The highest BCUT2D eigenvalue weighted by Crippen LogP contribution is 2.18. The van der Waals surface area contributed by atoms with Gasteiger partial charge in [-0.05, 0) is 38.9 Å². The lowest BCUT2D eigenvalue weighted by molar-refractivity contribution is -0.149. The van der Waals surface area contributed by atoms with Crippen molar-refractivity contribution in [1.82, 2.24) is 4.90 Å². The lowest BCUT2D eigenvalue weighted by Gasteiger charge is -2.29. The van der Waals surface area contributed by atoms with E-state index in [-0.39, 0.29) is 5.54 Å². The van der Waals surface area contributed by atoms with Gasteiger partial charge in [0.2, 0.25) is 0 Å². The lowest BCUT2D eigenvalue weighted by Crippen LogP contribution is -2.43. The van der Waals surface area contributed by atoms with Crippen molar-refractivity contribution in [3.05, 3.63) is 0 Å². The van der Waals surface area contributed by atoms with Crippen LogP contribution in [-0.4, -0.2) is 68.7 Å². The summed E-state index contributed by atoms with van der Waals surface area (Å²) in [5.74, 6) is -2.20. The monoisotopic (exact) mass is 335 g/mol. The number of carboxylic acids is 2. The molecule has 22 heavy (non-hydrogen) atoms. The molecule has 0 aliphatic carbocycles. The Balaban J connectivity index is 4.64. The molecule has 0 saturated carbocycles.